The Morgan fingerprint density at radius 1 is 0.886 bits per heavy atom. The number of aromatic nitrogens is 1. The predicted molar refractivity (Wildman–Crippen MR) is 134 cm³/mol. The van der Waals surface area contributed by atoms with Gasteiger partial charge in [-0.3, -0.25) is 4.79 Å². The van der Waals surface area contributed by atoms with Crippen LogP contribution in [0.2, 0.25) is 0 Å². The number of hydrazone groups is 1. The van der Waals surface area contributed by atoms with Crippen LogP contribution in [0.15, 0.2) is 96.1 Å². The summed E-state index contributed by atoms with van der Waals surface area (Å²) in [5.41, 5.74) is 4.76. The van der Waals surface area contributed by atoms with Gasteiger partial charge in [0.2, 0.25) is 0 Å². The van der Waals surface area contributed by atoms with Gasteiger partial charge >= 0.3 is 5.97 Å². The normalized spacial score (nSPS) is 11.5. The number of hydrogen-bond donors (Lipinski definition) is 3. The minimum atomic E-state index is -1.92. The highest BCUT2D eigenvalue weighted by atomic mass is 16.4. The second kappa shape index (κ2) is 9.79. The second-order valence-corrected chi connectivity index (χ2v) is 8.16. The number of hydrogen-bond acceptors (Lipinski definition) is 4. The molecule has 35 heavy (non-hydrogen) atoms. The Kier molecular flexibility index (Phi) is 6.62. The van der Waals surface area contributed by atoms with Crippen LogP contribution in [0.5, 0.6) is 0 Å². The summed E-state index contributed by atoms with van der Waals surface area (Å²) in [5.74, 6) is -1.68. The molecular formula is C28H25N3O4. The zero-order valence-corrected chi connectivity index (χ0v) is 19.3. The first-order valence-corrected chi connectivity index (χ1v) is 11.0. The van der Waals surface area contributed by atoms with E-state index in [1.807, 2.05) is 42.7 Å². The Morgan fingerprint density at radius 2 is 1.49 bits per heavy atom. The number of nitrogens with one attached hydrogen (secondary N) is 1. The monoisotopic (exact) mass is 467 g/mol. The number of carboxylic acid groups (broad SMARTS) is 1. The number of carbonyl (C=O) groups is 2. The van der Waals surface area contributed by atoms with E-state index in [-0.39, 0.29) is 5.56 Å². The molecule has 0 saturated carbocycles. The molecule has 4 rings (SSSR count). The average Bonchev–Trinajstić information content (AvgIpc) is 3.17. The molecule has 3 aromatic carbocycles. The van der Waals surface area contributed by atoms with Gasteiger partial charge in [-0.05, 0) is 49.2 Å². The van der Waals surface area contributed by atoms with E-state index < -0.39 is 17.5 Å². The van der Waals surface area contributed by atoms with Crippen molar-refractivity contribution in [2.75, 3.05) is 0 Å². The molecule has 4 aromatic rings. The molecule has 1 aromatic heterocycles. The molecule has 176 valence electrons. The Labute approximate surface area is 203 Å². The number of amides is 1. The minimum Gasteiger partial charge on any atom is -0.478 e. The molecule has 0 saturated heterocycles. The van der Waals surface area contributed by atoms with Gasteiger partial charge in [0, 0.05) is 22.6 Å². The Bertz CT molecular complexity index is 1350. The van der Waals surface area contributed by atoms with Crippen molar-refractivity contribution in [1.29, 1.82) is 0 Å². The molecule has 0 bridgehead atoms. The first kappa shape index (κ1) is 23.7. The molecule has 7 heteroatoms. The van der Waals surface area contributed by atoms with E-state index in [2.05, 4.69) is 10.5 Å². The SMILES string of the molecule is Cc1cc(/C=N\NC(=O)C(O)(c2ccccc2)c2ccccc2)c(C)n1-c1cccc(C(=O)O)c1. The van der Waals surface area contributed by atoms with Crippen LogP contribution in [0.25, 0.3) is 5.69 Å². The lowest BCUT2D eigenvalue weighted by molar-refractivity contribution is -0.136. The molecule has 0 aliphatic carbocycles. The third kappa shape index (κ3) is 4.62. The molecule has 0 aliphatic heterocycles. The molecule has 1 heterocycles. The number of rotatable bonds is 7. The highest BCUT2D eigenvalue weighted by Gasteiger charge is 2.39. The summed E-state index contributed by atoms with van der Waals surface area (Å²) in [4.78, 5) is 24.6. The fourth-order valence-corrected chi connectivity index (χ4v) is 4.12. The number of aliphatic hydroxyl groups is 1. The lowest BCUT2D eigenvalue weighted by Crippen LogP contribution is -2.43. The van der Waals surface area contributed by atoms with Gasteiger partial charge in [-0.2, -0.15) is 5.10 Å². The largest absolute Gasteiger partial charge is 0.478 e. The van der Waals surface area contributed by atoms with Gasteiger partial charge in [-0.25, -0.2) is 10.2 Å². The summed E-state index contributed by atoms with van der Waals surface area (Å²) < 4.78 is 1.92. The Hall–Kier alpha value is -4.49. The van der Waals surface area contributed by atoms with Crippen LogP contribution in [0.3, 0.4) is 0 Å². The first-order chi connectivity index (χ1) is 16.8. The van der Waals surface area contributed by atoms with Crippen LogP contribution < -0.4 is 5.43 Å². The van der Waals surface area contributed by atoms with Gasteiger partial charge in [0.15, 0.2) is 5.60 Å². The third-order valence-corrected chi connectivity index (χ3v) is 5.90. The summed E-state index contributed by atoms with van der Waals surface area (Å²) in [6.07, 6.45) is 1.51. The molecule has 3 N–H and O–H groups in total. The fraction of sp³-hybridized carbons (Fsp3) is 0.107. The summed E-state index contributed by atoms with van der Waals surface area (Å²) in [5, 5.41) is 24.9. The van der Waals surface area contributed by atoms with Crippen molar-refractivity contribution in [2.24, 2.45) is 5.10 Å². The van der Waals surface area contributed by atoms with Gasteiger partial charge in [0.25, 0.3) is 5.91 Å². The van der Waals surface area contributed by atoms with Crippen LogP contribution in [-0.4, -0.2) is 32.9 Å². The molecular weight excluding hydrogens is 442 g/mol. The molecule has 7 nitrogen and oxygen atoms in total. The minimum absolute atomic E-state index is 0.193. The van der Waals surface area contributed by atoms with Crippen LogP contribution in [0.1, 0.15) is 38.4 Å². The van der Waals surface area contributed by atoms with Crippen molar-refractivity contribution < 1.29 is 19.8 Å². The fourth-order valence-electron chi connectivity index (χ4n) is 4.12. The van der Waals surface area contributed by atoms with Crippen LogP contribution in [0, 0.1) is 13.8 Å². The molecule has 0 unspecified atom stereocenters. The maximum Gasteiger partial charge on any atom is 0.335 e. The zero-order chi connectivity index (χ0) is 25.0. The average molecular weight is 468 g/mol. The van der Waals surface area contributed by atoms with Crippen molar-refractivity contribution in [3.63, 3.8) is 0 Å². The van der Waals surface area contributed by atoms with Crippen molar-refractivity contribution in [3.05, 3.63) is 125 Å². The first-order valence-electron chi connectivity index (χ1n) is 11.0. The summed E-state index contributed by atoms with van der Waals surface area (Å²) in [6.45, 7) is 3.79. The van der Waals surface area contributed by atoms with E-state index in [0.29, 0.717) is 16.8 Å². The molecule has 1 amide bonds. The van der Waals surface area contributed by atoms with E-state index in [4.69, 9.17) is 0 Å². The number of carbonyl (C=O) groups excluding carboxylic acids is 1. The molecule has 0 aliphatic rings. The Morgan fingerprint density at radius 3 is 2.06 bits per heavy atom. The molecule has 0 atom stereocenters. The van der Waals surface area contributed by atoms with E-state index in [9.17, 15) is 19.8 Å². The smallest absolute Gasteiger partial charge is 0.335 e. The number of aryl methyl sites for hydroxylation is 1. The van der Waals surface area contributed by atoms with E-state index in [1.54, 1.807) is 66.7 Å². The quantitative estimate of drug-likeness (QED) is 0.280. The number of aromatic carboxylic acids is 1. The van der Waals surface area contributed by atoms with E-state index in [1.165, 1.54) is 6.21 Å². The number of benzene rings is 3. The topological polar surface area (TPSA) is 104 Å². The zero-order valence-electron chi connectivity index (χ0n) is 19.3. The summed E-state index contributed by atoms with van der Waals surface area (Å²) >= 11 is 0. The standard InChI is InChI=1S/C28H25N3O4/c1-19-16-22(20(2)31(19)25-15-9-10-21(17-25)26(32)33)18-29-30-27(34)28(35,23-11-5-3-6-12-23)24-13-7-4-8-14-24/h3-18,35H,1-2H3,(H,30,34)(H,32,33)/b29-18-. The van der Waals surface area contributed by atoms with Gasteiger partial charge in [-0.15, -0.1) is 0 Å². The van der Waals surface area contributed by atoms with Gasteiger partial charge in [-0.1, -0.05) is 66.7 Å². The van der Waals surface area contributed by atoms with Gasteiger partial charge in [0.1, 0.15) is 0 Å². The number of nitrogens with zero attached hydrogens (tertiary/aromatic N) is 2. The maximum absolute atomic E-state index is 13.2. The van der Waals surface area contributed by atoms with Crippen LogP contribution in [-0.2, 0) is 10.4 Å². The lowest BCUT2D eigenvalue weighted by Gasteiger charge is -2.27. The van der Waals surface area contributed by atoms with Crippen LogP contribution in [0.4, 0.5) is 0 Å². The lowest BCUT2D eigenvalue weighted by atomic mass is 9.85. The van der Waals surface area contributed by atoms with Gasteiger partial charge in [0.05, 0.1) is 11.8 Å². The van der Waals surface area contributed by atoms with Crippen molar-refractivity contribution in [2.45, 2.75) is 19.4 Å². The van der Waals surface area contributed by atoms with Crippen molar-refractivity contribution in [1.82, 2.24) is 9.99 Å². The number of carboxylic acids is 1. The Balaban J connectivity index is 1.62. The van der Waals surface area contributed by atoms with Gasteiger partial charge < -0.3 is 14.8 Å². The molecule has 0 fully saturated rings. The maximum atomic E-state index is 13.2. The van der Waals surface area contributed by atoms with E-state index in [0.717, 1.165) is 17.0 Å². The predicted octanol–water partition coefficient (Wildman–Crippen LogP) is 4.18. The van der Waals surface area contributed by atoms with E-state index >= 15 is 0 Å². The van der Waals surface area contributed by atoms with Crippen LogP contribution >= 0.6 is 0 Å². The van der Waals surface area contributed by atoms with Crippen molar-refractivity contribution in [3.8, 4) is 5.69 Å². The summed E-state index contributed by atoms with van der Waals surface area (Å²) in [7, 11) is 0. The second-order valence-electron chi connectivity index (χ2n) is 8.16. The molecule has 0 spiro atoms. The molecule has 0 radical (unpaired) electrons. The third-order valence-electron chi connectivity index (χ3n) is 5.90. The highest BCUT2D eigenvalue weighted by molar-refractivity contribution is 5.91. The summed E-state index contributed by atoms with van der Waals surface area (Å²) in [6, 6.07) is 26.0. The highest BCUT2D eigenvalue weighted by Crippen LogP contribution is 2.30. The van der Waals surface area contributed by atoms with Crippen molar-refractivity contribution >= 4 is 18.1 Å².